The topological polar surface area (TPSA) is 75.3 Å². The van der Waals surface area contributed by atoms with E-state index in [1.54, 1.807) is 6.07 Å². The van der Waals surface area contributed by atoms with Gasteiger partial charge in [-0.15, -0.1) is 0 Å². The Labute approximate surface area is 103 Å². The number of rotatable bonds is 1. The van der Waals surface area contributed by atoms with E-state index in [2.05, 4.69) is 25.9 Å². The van der Waals surface area contributed by atoms with Crippen LogP contribution < -0.4 is 10.6 Å². The monoisotopic (exact) mass is 286 g/mol. The minimum atomic E-state index is -0.561. The van der Waals surface area contributed by atoms with Crippen molar-refractivity contribution in [1.82, 2.24) is 9.97 Å². The highest BCUT2D eigenvalue weighted by Gasteiger charge is 2.28. The highest BCUT2D eigenvalue weighted by Crippen LogP contribution is 2.25. The second-order valence-corrected chi connectivity index (χ2v) is 5.21. The molecule has 0 atom stereocenters. The van der Waals surface area contributed by atoms with Gasteiger partial charge in [-0.05, 0) is 35.7 Å². The summed E-state index contributed by atoms with van der Waals surface area (Å²) in [6, 6.07) is 1.67. The van der Waals surface area contributed by atoms with Crippen LogP contribution in [0.15, 0.2) is 10.7 Å². The molecule has 0 bridgehead atoms. The van der Waals surface area contributed by atoms with Crippen molar-refractivity contribution in [1.29, 1.82) is 0 Å². The number of hydrogen-bond donors (Lipinski definition) is 2. The maximum atomic E-state index is 9.85. The standard InChI is InChI=1S/C10H15BrN4O/c1-10(16)2-4-15(5-3-10)9-13-7(11)6-8(12)14-9/h6,16H,2-5H2,1H3,(H2,12,13,14). The number of halogens is 1. The van der Waals surface area contributed by atoms with Gasteiger partial charge in [-0.25, -0.2) is 4.98 Å². The molecule has 1 aliphatic heterocycles. The molecule has 1 aromatic rings. The van der Waals surface area contributed by atoms with Crippen molar-refractivity contribution in [3.8, 4) is 0 Å². The average molecular weight is 287 g/mol. The fourth-order valence-corrected chi connectivity index (χ4v) is 2.15. The van der Waals surface area contributed by atoms with Crippen molar-refractivity contribution in [3.05, 3.63) is 10.7 Å². The van der Waals surface area contributed by atoms with Crippen LogP contribution in [-0.2, 0) is 0 Å². The number of anilines is 2. The minimum absolute atomic E-state index is 0.453. The Morgan fingerprint density at radius 3 is 2.62 bits per heavy atom. The van der Waals surface area contributed by atoms with Gasteiger partial charge in [-0.2, -0.15) is 4.98 Å². The zero-order valence-electron chi connectivity index (χ0n) is 9.15. The van der Waals surface area contributed by atoms with E-state index in [-0.39, 0.29) is 0 Å². The quantitative estimate of drug-likeness (QED) is 0.758. The van der Waals surface area contributed by atoms with Gasteiger partial charge < -0.3 is 15.7 Å². The van der Waals surface area contributed by atoms with Gasteiger partial charge in [0.05, 0.1) is 5.60 Å². The average Bonchev–Trinajstić information content (AvgIpc) is 2.15. The van der Waals surface area contributed by atoms with Gasteiger partial charge in [0.15, 0.2) is 0 Å². The molecule has 5 nitrogen and oxygen atoms in total. The Balaban J connectivity index is 2.14. The number of nitrogens with zero attached hydrogens (tertiary/aromatic N) is 3. The number of aliphatic hydroxyl groups is 1. The van der Waals surface area contributed by atoms with Gasteiger partial charge in [0.25, 0.3) is 0 Å². The van der Waals surface area contributed by atoms with Crippen LogP contribution in [0.2, 0.25) is 0 Å². The molecule has 3 N–H and O–H groups in total. The van der Waals surface area contributed by atoms with E-state index >= 15 is 0 Å². The SMILES string of the molecule is CC1(O)CCN(c2nc(N)cc(Br)n2)CC1. The Hall–Kier alpha value is -0.880. The summed E-state index contributed by atoms with van der Waals surface area (Å²) in [7, 11) is 0. The van der Waals surface area contributed by atoms with Crippen LogP contribution in [0.25, 0.3) is 0 Å². The molecular formula is C10H15BrN4O. The van der Waals surface area contributed by atoms with Gasteiger partial charge in [0, 0.05) is 19.2 Å². The summed E-state index contributed by atoms with van der Waals surface area (Å²) in [6.45, 7) is 3.37. The van der Waals surface area contributed by atoms with Crippen LogP contribution in [0.3, 0.4) is 0 Å². The highest BCUT2D eigenvalue weighted by atomic mass is 79.9. The third-order valence-electron chi connectivity index (χ3n) is 2.83. The summed E-state index contributed by atoms with van der Waals surface area (Å²) in [5, 5.41) is 9.85. The molecule has 1 aromatic heterocycles. The molecule has 6 heteroatoms. The van der Waals surface area contributed by atoms with Crippen LogP contribution in [0, 0.1) is 0 Å². The minimum Gasteiger partial charge on any atom is -0.390 e. The first-order chi connectivity index (χ1) is 7.46. The maximum Gasteiger partial charge on any atom is 0.228 e. The molecule has 0 radical (unpaired) electrons. The largest absolute Gasteiger partial charge is 0.390 e. The molecule has 0 aromatic carbocycles. The Morgan fingerprint density at radius 2 is 2.06 bits per heavy atom. The van der Waals surface area contributed by atoms with Gasteiger partial charge in [-0.3, -0.25) is 0 Å². The molecule has 16 heavy (non-hydrogen) atoms. The lowest BCUT2D eigenvalue weighted by atomic mass is 9.94. The predicted octanol–water partition coefficient (Wildman–Crippen LogP) is 1.17. The number of nitrogen functional groups attached to an aromatic ring is 1. The molecule has 88 valence electrons. The third kappa shape index (κ3) is 2.62. The van der Waals surface area contributed by atoms with Crippen molar-refractivity contribution in [2.45, 2.75) is 25.4 Å². The van der Waals surface area contributed by atoms with E-state index in [0.717, 1.165) is 25.9 Å². The smallest absolute Gasteiger partial charge is 0.228 e. The number of nitrogens with two attached hydrogens (primary N) is 1. The fourth-order valence-electron chi connectivity index (χ4n) is 1.75. The van der Waals surface area contributed by atoms with E-state index in [4.69, 9.17) is 5.73 Å². The predicted molar refractivity (Wildman–Crippen MR) is 66.2 cm³/mol. The van der Waals surface area contributed by atoms with Gasteiger partial charge in [0.2, 0.25) is 5.95 Å². The Kier molecular flexibility index (Phi) is 3.03. The summed E-state index contributed by atoms with van der Waals surface area (Å²) < 4.78 is 0.687. The molecular weight excluding hydrogens is 272 g/mol. The first-order valence-corrected chi connectivity index (χ1v) is 6.03. The molecule has 2 rings (SSSR count). The van der Waals surface area contributed by atoms with Crippen LogP contribution in [-0.4, -0.2) is 33.8 Å². The molecule has 1 fully saturated rings. The van der Waals surface area contributed by atoms with Gasteiger partial charge >= 0.3 is 0 Å². The number of aromatic nitrogens is 2. The normalized spacial score (nSPS) is 19.8. The maximum absolute atomic E-state index is 9.85. The summed E-state index contributed by atoms with van der Waals surface area (Å²) in [5.41, 5.74) is 5.10. The summed E-state index contributed by atoms with van der Waals surface area (Å²) in [4.78, 5) is 10.5. The van der Waals surface area contributed by atoms with Gasteiger partial charge in [-0.1, -0.05) is 0 Å². The Morgan fingerprint density at radius 1 is 1.44 bits per heavy atom. The van der Waals surface area contributed by atoms with Gasteiger partial charge in [0.1, 0.15) is 10.4 Å². The lowest BCUT2D eigenvalue weighted by Gasteiger charge is -2.35. The fraction of sp³-hybridized carbons (Fsp3) is 0.600. The second kappa shape index (κ2) is 4.18. The zero-order valence-corrected chi connectivity index (χ0v) is 10.7. The molecule has 0 unspecified atom stereocenters. The lowest BCUT2D eigenvalue weighted by Crippen LogP contribution is -2.43. The number of piperidine rings is 1. The summed E-state index contributed by atoms with van der Waals surface area (Å²) >= 11 is 3.29. The molecule has 0 spiro atoms. The molecule has 0 amide bonds. The Bertz CT molecular complexity index is 366. The first kappa shape index (κ1) is 11.6. The first-order valence-electron chi connectivity index (χ1n) is 5.24. The molecule has 1 saturated heterocycles. The van der Waals surface area contributed by atoms with Crippen molar-refractivity contribution in [2.24, 2.45) is 0 Å². The highest BCUT2D eigenvalue weighted by molar-refractivity contribution is 9.10. The number of hydrogen-bond acceptors (Lipinski definition) is 5. The zero-order chi connectivity index (χ0) is 11.8. The van der Waals surface area contributed by atoms with E-state index in [1.165, 1.54) is 0 Å². The van der Waals surface area contributed by atoms with E-state index < -0.39 is 5.60 Å². The summed E-state index contributed by atoms with van der Waals surface area (Å²) in [5.74, 6) is 1.08. The summed E-state index contributed by atoms with van der Waals surface area (Å²) in [6.07, 6.45) is 1.45. The van der Waals surface area contributed by atoms with Crippen LogP contribution >= 0.6 is 15.9 Å². The molecule has 0 saturated carbocycles. The second-order valence-electron chi connectivity index (χ2n) is 4.40. The van der Waals surface area contributed by atoms with E-state index in [0.29, 0.717) is 16.4 Å². The molecule has 1 aliphatic rings. The molecule has 0 aliphatic carbocycles. The van der Waals surface area contributed by atoms with E-state index in [9.17, 15) is 5.11 Å². The lowest BCUT2D eigenvalue weighted by molar-refractivity contribution is 0.0349. The van der Waals surface area contributed by atoms with Crippen molar-refractivity contribution < 1.29 is 5.11 Å². The van der Waals surface area contributed by atoms with E-state index in [1.807, 2.05) is 11.8 Å². The van der Waals surface area contributed by atoms with Crippen molar-refractivity contribution in [3.63, 3.8) is 0 Å². The third-order valence-corrected chi connectivity index (χ3v) is 3.23. The van der Waals surface area contributed by atoms with Crippen molar-refractivity contribution in [2.75, 3.05) is 23.7 Å². The van der Waals surface area contributed by atoms with Crippen LogP contribution in [0.5, 0.6) is 0 Å². The van der Waals surface area contributed by atoms with Crippen LogP contribution in [0.1, 0.15) is 19.8 Å². The van der Waals surface area contributed by atoms with Crippen LogP contribution in [0.4, 0.5) is 11.8 Å². The molecule has 2 heterocycles. The van der Waals surface area contributed by atoms with Crippen molar-refractivity contribution >= 4 is 27.7 Å².